The topological polar surface area (TPSA) is 111 Å². The predicted molar refractivity (Wildman–Crippen MR) is 91.7 cm³/mol. The molecule has 1 fully saturated rings. The van der Waals surface area contributed by atoms with Crippen molar-refractivity contribution in [1.29, 1.82) is 0 Å². The minimum Gasteiger partial charge on any atom is -0.491 e. The Morgan fingerprint density at radius 3 is 2.42 bits per heavy atom. The summed E-state index contributed by atoms with van der Waals surface area (Å²) in [5.41, 5.74) is -0.0129. The van der Waals surface area contributed by atoms with Gasteiger partial charge in [0, 0.05) is 20.0 Å². The fourth-order valence-corrected chi connectivity index (χ4v) is 2.09. The zero-order valence-corrected chi connectivity index (χ0v) is 15.0. The van der Waals surface area contributed by atoms with E-state index in [9.17, 15) is 14.4 Å². The standard InChI is InChI=1S/C18H21NO7/c1-10(2)9-24-14-6-5-11(15(20)21)7-13(14)19-8-12-16(22)25-18(3,4)26-17(12)23/h5-8,10,19H,9H2,1-4H3,(H,20,21). The van der Waals surface area contributed by atoms with E-state index < -0.39 is 23.7 Å². The molecule has 0 spiro atoms. The van der Waals surface area contributed by atoms with Crippen molar-refractivity contribution in [3.8, 4) is 5.75 Å². The first-order valence-corrected chi connectivity index (χ1v) is 8.02. The number of hydrogen-bond donors (Lipinski definition) is 2. The van der Waals surface area contributed by atoms with E-state index >= 15 is 0 Å². The third-order valence-corrected chi connectivity index (χ3v) is 3.29. The smallest absolute Gasteiger partial charge is 0.350 e. The van der Waals surface area contributed by atoms with E-state index in [0.29, 0.717) is 18.0 Å². The second kappa shape index (κ2) is 7.47. The number of cyclic esters (lactones) is 2. The van der Waals surface area contributed by atoms with Gasteiger partial charge in [-0.05, 0) is 24.1 Å². The van der Waals surface area contributed by atoms with Crippen LogP contribution in [-0.4, -0.2) is 35.4 Å². The Balaban J connectivity index is 2.28. The summed E-state index contributed by atoms with van der Waals surface area (Å²) in [4.78, 5) is 35.1. The molecular weight excluding hydrogens is 342 g/mol. The number of carboxylic acids is 1. The molecule has 26 heavy (non-hydrogen) atoms. The molecule has 140 valence electrons. The van der Waals surface area contributed by atoms with Crippen LogP contribution < -0.4 is 10.1 Å². The Hall–Kier alpha value is -3.03. The second-order valence-corrected chi connectivity index (χ2v) is 6.60. The van der Waals surface area contributed by atoms with Gasteiger partial charge in [0.1, 0.15) is 5.75 Å². The molecule has 2 N–H and O–H groups in total. The number of carboxylic acid groups (broad SMARTS) is 1. The molecule has 1 aliphatic heterocycles. The summed E-state index contributed by atoms with van der Waals surface area (Å²) < 4.78 is 15.6. The van der Waals surface area contributed by atoms with Gasteiger partial charge in [-0.2, -0.15) is 0 Å². The molecule has 8 heteroatoms. The lowest BCUT2D eigenvalue weighted by Crippen LogP contribution is -2.42. The Labute approximate surface area is 150 Å². The van der Waals surface area contributed by atoms with Crippen LogP contribution in [0.3, 0.4) is 0 Å². The number of nitrogens with one attached hydrogen (secondary N) is 1. The van der Waals surface area contributed by atoms with E-state index in [0.717, 1.165) is 6.20 Å². The minimum absolute atomic E-state index is 0.0257. The van der Waals surface area contributed by atoms with Crippen molar-refractivity contribution in [2.45, 2.75) is 33.5 Å². The van der Waals surface area contributed by atoms with Crippen molar-refractivity contribution in [3.63, 3.8) is 0 Å². The number of carbonyl (C=O) groups excluding carboxylic acids is 2. The molecule has 8 nitrogen and oxygen atoms in total. The summed E-state index contributed by atoms with van der Waals surface area (Å²) >= 11 is 0. The van der Waals surface area contributed by atoms with Crippen LogP contribution in [0, 0.1) is 5.92 Å². The first kappa shape index (κ1) is 19.3. The summed E-state index contributed by atoms with van der Waals surface area (Å²) in [6.07, 6.45) is 1.11. The van der Waals surface area contributed by atoms with Gasteiger partial charge in [0.2, 0.25) is 0 Å². The lowest BCUT2D eigenvalue weighted by atomic mass is 10.1. The SMILES string of the molecule is CC(C)COc1ccc(C(=O)O)cc1NC=C1C(=O)OC(C)(C)OC1=O. The van der Waals surface area contributed by atoms with Gasteiger partial charge < -0.3 is 24.6 Å². The van der Waals surface area contributed by atoms with Crippen LogP contribution in [0.25, 0.3) is 0 Å². The molecule has 0 radical (unpaired) electrons. The van der Waals surface area contributed by atoms with Crippen LogP contribution >= 0.6 is 0 Å². The van der Waals surface area contributed by atoms with E-state index in [4.69, 9.17) is 19.3 Å². The molecule has 0 bridgehead atoms. The van der Waals surface area contributed by atoms with Gasteiger partial charge in [-0.3, -0.25) is 0 Å². The summed E-state index contributed by atoms with van der Waals surface area (Å²) in [6.45, 7) is 7.24. The molecule has 0 saturated carbocycles. The zero-order valence-electron chi connectivity index (χ0n) is 15.0. The van der Waals surface area contributed by atoms with E-state index in [2.05, 4.69) is 5.32 Å². The maximum absolute atomic E-state index is 12.0. The van der Waals surface area contributed by atoms with E-state index in [1.165, 1.54) is 32.0 Å². The van der Waals surface area contributed by atoms with Crippen molar-refractivity contribution in [2.24, 2.45) is 5.92 Å². The van der Waals surface area contributed by atoms with Gasteiger partial charge >= 0.3 is 17.9 Å². The normalized spacial score (nSPS) is 16.0. The monoisotopic (exact) mass is 363 g/mol. The average molecular weight is 363 g/mol. The molecule has 0 amide bonds. The number of rotatable bonds is 6. The molecule has 2 rings (SSSR count). The van der Waals surface area contributed by atoms with Crippen LogP contribution in [0.15, 0.2) is 30.0 Å². The maximum atomic E-state index is 12.0. The van der Waals surface area contributed by atoms with Crippen LogP contribution in [-0.2, 0) is 19.1 Å². The molecule has 1 aromatic carbocycles. The Kier molecular flexibility index (Phi) is 5.54. The van der Waals surface area contributed by atoms with Crippen molar-refractivity contribution < 1.29 is 33.7 Å². The Morgan fingerprint density at radius 2 is 1.88 bits per heavy atom. The molecule has 0 aromatic heterocycles. The molecule has 0 atom stereocenters. The molecule has 0 aliphatic carbocycles. The van der Waals surface area contributed by atoms with Crippen molar-refractivity contribution in [2.75, 3.05) is 11.9 Å². The summed E-state index contributed by atoms with van der Waals surface area (Å²) in [7, 11) is 0. The highest BCUT2D eigenvalue weighted by molar-refractivity contribution is 6.15. The predicted octanol–water partition coefficient (Wildman–Crippen LogP) is 2.55. The van der Waals surface area contributed by atoms with E-state index in [1.54, 1.807) is 0 Å². The van der Waals surface area contributed by atoms with Crippen LogP contribution in [0.2, 0.25) is 0 Å². The fourth-order valence-electron chi connectivity index (χ4n) is 2.09. The highest BCUT2D eigenvalue weighted by atomic mass is 16.7. The Morgan fingerprint density at radius 1 is 1.27 bits per heavy atom. The lowest BCUT2D eigenvalue weighted by molar-refractivity contribution is -0.222. The van der Waals surface area contributed by atoms with E-state index in [1.807, 2.05) is 13.8 Å². The summed E-state index contributed by atoms with van der Waals surface area (Å²) in [5.74, 6) is -3.48. The number of esters is 2. The van der Waals surface area contributed by atoms with Gasteiger partial charge in [-0.1, -0.05) is 13.8 Å². The molecule has 1 saturated heterocycles. The highest BCUT2D eigenvalue weighted by Gasteiger charge is 2.39. The summed E-state index contributed by atoms with van der Waals surface area (Å²) in [5, 5.41) is 11.9. The average Bonchev–Trinajstić information content (AvgIpc) is 2.51. The van der Waals surface area contributed by atoms with Gasteiger partial charge in [0.05, 0.1) is 17.9 Å². The molecule has 1 aromatic rings. The number of hydrogen-bond acceptors (Lipinski definition) is 7. The van der Waals surface area contributed by atoms with Crippen molar-refractivity contribution in [3.05, 3.63) is 35.5 Å². The van der Waals surface area contributed by atoms with E-state index in [-0.39, 0.29) is 17.1 Å². The number of anilines is 1. The molecule has 0 unspecified atom stereocenters. The first-order chi connectivity index (χ1) is 12.1. The largest absolute Gasteiger partial charge is 0.491 e. The van der Waals surface area contributed by atoms with Crippen LogP contribution in [0.5, 0.6) is 5.75 Å². The zero-order chi connectivity index (χ0) is 19.5. The Bertz CT molecular complexity index is 743. The highest BCUT2D eigenvalue weighted by Crippen LogP contribution is 2.28. The first-order valence-electron chi connectivity index (χ1n) is 8.02. The van der Waals surface area contributed by atoms with Gasteiger partial charge in [-0.15, -0.1) is 0 Å². The van der Waals surface area contributed by atoms with Crippen molar-refractivity contribution in [1.82, 2.24) is 0 Å². The third-order valence-electron chi connectivity index (χ3n) is 3.29. The minimum atomic E-state index is -1.33. The van der Waals surface area contributed by atoms with Crippen LogP contribution in [0.4, 0.5) is 5.69 Å². The summed E-state index contributed by atoms with van der Waals surface area (Å²) in [6, 6.07) is 4.26. The number of ether oxygens (including phenoxy) is 3. The number of carbonyl (C=O) groups is 3. The molecule has 1 aliphatic rings. The van der Waals surface area contributed by atoms with Gasteiger partial charge in [0.15, 0.2) is 5.57 Å². The number of aromatic carboxylic acids is 1. The van der Waals surface area contributed by atoms with Crippen LogP contribution in [0.1, 0.15) is 38.1 Å². The molecular formula is C18H21NO7. The second-order valence-electron chi connectivity index (χ2n) is 6.60. The quantitative estimate of drug-likeness (QED) is 0.451. The van der Waals surface area contributed by atoms with Gasteiger partial charge in [-0.25, -0.2) is 14.4 Å². The van der Waals surface area contributed by atoms with Crippen molar-refractivity contribution >= 4 is 23.6 Å². The molecule has 1 heterocycles. The lowest BCUT2D eigenvalue weighted by Gasteiger charge is -2.29. The third kappa shape index (κ3) is 4.75. The number of benzene rings is 1. The fraction of sp³-hybridized carbons (Fsp3) is 0.389. The van der Waals surface area contributed by atoms with Gasteiger partial charge in [0.25, 0.3) is 5.79 Å². The maximum Gasteiger partial charge on any atom is 0.350 e.